The van der Waals surface area contributed by atoms with E-state index in [-0.39, 0.29) is 5.41 Å². The van der Waals surface area contributed by atoms with Crippen LogP contribution >= 0.6 is 15.9 Å². The van der Waals surface area contributed by atoms with Gasteiger partial charge in [-0.05, 0) is 37.6 Å². The highest BCUT2D eigenvalue weighted by Crippen LogP contribution is 2.47. The van der Waals surface area contributed by atoms with Crippen molar-refractivity contribution in [1.82, 2.24) is 5.32 Å². The zero-order valence-corrected chi connectivity index (χ0v) is 10.6. The third-order valence-electron chi connectivity index (χ3n) is 3.90. The molecule has 0 radical (unpaired) electrons. The van der Waals surface area contributed by atoms with Gasteiger partial charge in [0.2, 0.25) is 0 Å². The Hall–Kier alpha value is -0.670. The predicted molar refractivity (Wildman–Crippen MR) is 66.9 cm³/mol. The molecule has 0 amide bonds. The molecule has 1 N–H and O–H groups in total. The Morgan fingerprint density at radius 3 is 2.75 bits per heavy atom. The molecule has 0 aromatic heterocycles. The quantitative estimate of drug-likeness (QED) is 0.791. The molecule has 1 spiro atoms. The number of benzene rings is 1. The number of ketones is 1. The monoisotopic (exact) mass is 279 g/mol. The van der Waals surface area contributed by atoms with E-state index in [2.05, 4.69) is 27.3 Å². The van der Waals surface area contributed by atoms with Crippen LogP contribution in [-0.4, -0.2) is 18.9 Å². The van der Waals surface area contributed by atoms with Crippen LogP contribution < -0.4 is 5.32 Å². The van der Waals surface area contributed by atoms with Crippen LogP contribution in [0.2, 0.25) is 0 Å². The lowest BCUT2D eigenvalue weighted by atomic mass is 9.74. The number of carbonyl (C=O) groups is 1. The lowest BCUT2D eigenvalue weighted by Gasteiger charge is -2.34. The number of rotatable bonds is 0. The lowest BCUT2D eigenvalue weighted by Crippen LogP contribution is -2.38. The zero-order valence-electron chi connectivity index (χ0n) is 9.05. The first-order valence-corrected chi connectivity index (χ1v) is 6.55. The molecule has 1 aromatic rings. The highest BCUT2D eigenvalue weighted by Gasteiger charge is 2.44. The Bertz CT molecular complexity index is 449. The van der Waals surface area contributed by atoms with E-state index >= 15 is 0 Å². The van der Waals surface area contributed by atoms with Gasteiger partial charge in [-0.25, -0.2) is 0 Å². The molecule has 1 aliphatic heterocycles. The maximum absolute atomic E-state index is 12.0. The van der Waals surface area contributed by atoms with Gasteiger partial charge in [0.05, 0.1) is 0 Å². The Kier molecular flexibility index (Phi) is 2.41. The van der Waals surface area contributed by atoms with Gasteiger partial charge in [-0.3, -0.25) is 4.79 Å². The van der Waals surface area contributed by atoms with E-state index in [4.69, 9.17) is 0 Å². The van der Waals surface area contributed by atoms with Gasteiger partial charge in [0.15, 0.2) is 5.78 Å². The summed E-state index contributed by atoms with van der Waals surface area (Å²) < 4.78 is 1.11. The van der Waals surface area contributed by atoms with E-state index in [9.17, 15) is 4.79 Å². The van der Waals surface area contributed by atoms with Gasteiger partial charge in [-0.1, -0.05) is 28.1 Å². The van der Waals surface area contributed by atoms with Gasteiger partial charge in [-0.15, -0.1) is 0 Å². The Balaban J connectivity index is 2.16. The third kappa shape index (κ3) is 1.38. The standard InChI is InChI=1S/C13H14BrNO/c14-10-3-1-2-9-11(16)8-13(12(9)10)4-6-15-7-5-13/h1-3,15H,4-8H2. The zero-order chi connectivity index (χ0) is 11.2. The fourth-order valence-electron chi connectivity index (χ4n) is 3.12. The van der Waals surface area contributed by atoms with Crippen molar-refractivity contribution in [3.63, 3.8) is 0 Å². The van der Waals surface area contributed by atoms with E-state index < -0.39 is 0 Å². The predicted octanol–water partition coefficient (Wildman–Crippen LogP) is 2.66. The first-order chi connectivity index (χ1) is 7.73. The Morgan fingerprint density at radius 1 is 1.25 bits per heavy atom. The van der Waals surface area contributed by atoms with E-state index in [1.807, 2.05) is 12.1 Å². The average molecular weight is 280 g/mol. The average Bonchev–Trinajstić information content (AvgIpc) is 2.55. The molecule has 3 heteroatoms. The molecule has 3 rings (SSSR count). The molecule has 1 fully saturated rings. The first-order valence-electron chi connectivity index (χ1n) is 5.76. The summed E-state index contributed by atoms with van der Waals surface area (Å²) in [5, 5.41) is 3.37. The second-order valence-electron chi connectivity index (χ2n) is 4.79. The molecule has 0 atom stereocenters. The van der Waals surface area contributed by atoms with Crippen molar-refractivity contribution < 1.29 is 4.79 Å². The van der Waals surface area contributed by atoms with Crippen molar-refractivity contribution in [2.24, 2.45) is 0 Å². The number of carbonyl (C=O) groups excluding carboxylic acids is 1. The summed E-state index contributed by atoms with van der Waals surface area (Å²) in [4.78, 5) is 12.0. The van der Waals surface area contributed by atoms with Crippen molar-refractivity contribution >= 4 is 21.7 Å². The van der Waals surface area contributed by atoms with Crippen LogP contribution in [-0.2, 0) is 5.41 Å². The molecule has 0 unspecified atom stereocenters. The van der Waals surface area contributed by atoms with Crippen molar-refractivity contribution in [2.75, 3.05) is 13.1 Å². The minimum Gasteiger partial charge on any atom is -0.317 e. The summed E-state index contributed by atoms with van der Waals surface area (Å²) in [6, 6.07) is 5.99. The van der Waals surface area contributed by atoms with E-state index in [0.29, 0.717) is 12.2 Å². The van der Waals surface area contributed by atoms with E-state index in [0.717, 1.165) is 36.0 Å². The molecule has 2 nitrogen and oxygen atoms in total. The van der Waals surface area contributed by atoms with Crippen LogP contribution in [0, 0.1) is 0 Å². The largest absolute Gasteiger partial charge is 0.317 e. The number of Topliss-reactive ketones (excluding diaryl/α,β-unsaturated/α-hetero) is 1. The van der Waals surface area contributed by atoms with Crippen LogP contribution in [0.4, 0.5) is 0 Å². The van der Waals surface area contributed by atoms with Crippen molar-refractivity contribution in [3.8, 4) is 0 Å². The summed E-state index contributed by atoms with van der Waals surface area (Å²) in [6.07, 6.45) is 2.86. The second kappa shape index (κ2) is 3.67. The van der Waals surface area contributed by atoms with Gasteiger partial charge >= 0.3 is 0 Å². The minimum absolute atomic E-state index is 0.109. The van der Waals surface area contributed by atoms with Crippen molar-refractivity contribution in [3.05, 3.63) is 33.8 Å². The number of halogens is 1. The van der Waals surface area contributed by atoms with E-state index in [1.54, 1.807) is 0 Å². The highest BCUT2D eigenvalue weighted by molar-refractivity contribution is 9.10. The maximum Gasteiger partial charge on any atom is 0.164 e. The number of fused-ring (bicyclic) bond motifs is 2. The molecule has 1 aromatic carbocycles. The van der Waals surface area contributed by atoms with Crippen LogP contribution in [0.1, 0.15) is 35.2 Å². The summed E-state index contributed by atoms with van der Waals surface area (Å²) in [7, 11) is 0. The molecular weight excluding hydrogens is 266 g/mol. The number of hydrogen-bond acceptors (Lipinski definition) is 2. The molecule has 0 saturated carbocycles. The van der Waals surface area contributed by atoms with Crippen LogP contribution in [0.3, 0.4) is 0 Å². The number of piperidine rings is 1. The second-order valence-corrected chi connectivity index (χ2v) is 5.65. The van der Waals surface area contributed by atoms with Crippen LogP contribution in [0.25, 0.3) is 0 Å². The smallest absolute Gasteiger partial charge is 0.164 e. The van der Waals surface area contributed by atoms with Crippen molar-refractivity contribution in [2.45, 2.75) is 24.7 Å². The third-order valence-corrected chi connectivity index (χ3v) is 4.56. The lowest BCUT2D eigenvalue weighted by molar-refractivity contribution is 0.0964. The molecule has 0 bridgehead atoms. The highest BCUT2D eigenvalue weighted by atomic mass is 79.9. The molecule has 1 aliphatic carbocycles. The van der Waals surface area contributed by atoms with Gasteiger partial charge in [0.25, 0.3) is 0 Å². The fraction of sp³-hybridized carbons (Fsp3) is 0.462. The Morgan fingerprint density at radius 2 is 2.00 bits per heavy atom. The fourth-order valence-corrected chi connectivity index (χ4v) is 3.91. The van der Waals surface area contributed by atoms with Crippen molar-refractivity contribution in [1.29, 1.82) is 0 Å². The Labute approximate surface area is 104 Å². The topological polar surface area (TPSA) is 29.1 Å². The van der Waals surface area contributed by atoms with Gasteiger partial charge in [0, 0.05) is 21.9 Å². The molecule has 1 saturated heterocycles. The SMILES string of the molecule is O=C1CC2(CCNCC2)c2c(Br)cccc21. The molecule has 2 aliphatic rings. The number of nitrogens with one attached hydrogen (secondary N) is 1. The van der Waals surface area contributed by atoms with Gasteiger partial charge < -0.3 is 5.32 Å². The van der Waals surface area contributed by atoms with Crippen LogP contribution in [0.5, 0.6) is 0 Å². The molecule has 84 valence electrons. The summed E-state index contributed by atoms with van der Waals surface area (Å²) in [5.41, 5.74) is 2.32. The van der Waals surface area contributed by atoms with E-state index in [1.165, 1.54) is 5.56 Å². The van der Waals surface area contributed by atoms with Crippen LogP contribution in [0.15, 0.2) is 22.7 Å². The summed E-state index contributed by atoms with van der Waals surface area (Å²) in [6.45, 7) is 2.04. The molecule has 1 heterocycles. The normalized spacial score (nSPS) is 22.4. The summed E-state index contributed by atoms with van der Waals surface area (Å²) in [5.74, 6) is 0.318. The van der Waals surface area contributed by atoms with Gasteiger partial charge in [-0.2, -0.15) is 0 Å². The molecule has 16 heavy (non-hydrogen) atoms. The van der Waals surface area contributed by atoms with Gasteiger partial charge in [0.1, 0.15) is 0 Å². The molecular formula is C13H14BrNO. The summed E-state index contributed by atoms with van der Waals surface area (Å²) >= 11 is 3.61. The number of hydrogen-bond donors (Lipinski definition) is 1. The minimum atomic E-state index is 0.109. The maximum atomic E-state index is 12.0. The first kappa shape index (κ1) is 10.5.